The van der Waals surface area contributed by atoms with Crippen LogP contribution >= 0.6 is 0 Å². The highest BCUT2D eigenvalue weighted by atomic mass is 19.1. The first-order valence-electron chi connectivity index (χ1n) is 10.0. The lowest BCUT2D eigenvalue weighted by Crippen LogP contribution is -2.25. The van der Waals surface area contributed by atoms with E-state index in [1.807, 2.05) is 30.3 Å². The number of halogens is 1. The molecule has 0 aliphatic rings. The van der Waals surface area contributed by atoms with Gasteiger partial charge in [-0.3, -0.25) is 4.79 Å². The number of phenolic OH excluding ortho intramolecular Hbond substituents is 1. The Morgan fingerprint density at radius 1 is 0.967 bits per heavy atom. The number of nitrogens with one attached hydrogen (secondary N) is 2. The maximum Gasteiger partial charge on any atom is 0.220 e. The number of fused-ring (bicyclic) bond motifs is 1. The SMILES string of the molecule is O=C(CCc1c(-c2ccc(F)cc2)[nH]c2ccccc12)NCCc1cccc(O)c1. The molecule has 0 saturated carbocycles. The Labute approximate surface area is 174 Å². The standard InChI is InChI=1S/C25H23FN2O2/c26-19-10-8-18(9-11-19)25-22(21-6-1-2-7-23(21)28-25)12-13-24(30)27-15-14-17-4-3-5-20(29)16-17/h1-11,16,28-29H,12-15H2,(H,27,30). The van der Waals surface area contributed by atoms with Crippen LogP contribution in [0.5, 0.6) is 5.75 Å². The molecule has 3 N–H and O–H groups in total. The zero-order valence-corrected chi connectivity index (χ0v) is 16.5. The van der Waals surface area contributed by atoms with Crippen molar-refractivity contribution in [3.63, 3.8) is 0 Å². The van der Waals surface area contributed by atoms with E-state index in [4.69, 9.17) is 0 Å². The van der Waals surface area contributed by atoms with Gasteiger partial charge in [0, 0.05) is 29.6 Å². The normalized spacial score (nSPS) is 11.0. The fourth-order valence-electron chi connectivity index (χ4n) is 3.71. The summed E-state index contributed by atoms with van der Waals surface area (Å²) in [6.45, 7) is 0.515. The van der Waals surface area contributed by atoms with Gasteiger partial charge in [0.1, 0.15) is 11.6 Å². The number of phenols is 1. The fraction of sp³-hybridized carbons (Fsp3) is 0.160. The molecule has 0 aliphatic carbocycles. The minimum Gasteiger partial charge on any atom is -0.508 e. The van der Waals surface area contributed by atoms with Crippen LogP contribution in [0.3, 0.4) is 0 Å². The molecule has 1 heterocycles. The van der Waals surface area contributed by atoms with Gasteiger partial charge >= 0.3 is 0 Å². The average molecular weight is 402 g/mol. The molecule has 0 aliphatic heterocycles. The highest BCUT2D eigenvalue weighted by molar-refractivity contribution is 5.91. The van der Waals surface area contributed by atoms with E-state index < -0.39 is 0 Å². The molecule has 152 valence electrons. The van der Waals surface area contributed by atoms with Crippen LogP contribution in [-0.2, 0) is 17.6 Å². The van der Waals surface area contributed by atoms with Gasteiger partial charge in [0.25, 0.3) is 0 Å². The van der Waals surface area contributed by atoms with E-state index in [0.29, 0.717) is 25.8 Å². The number of carbonyl (C=O) groups excluding carboxylic acids is 1. The number of carbonyl (C=O) groups is 1. The third kappa shape index (κ3) is 4.51. The molecule has 0 saturated heterocycles. The molecule has 5 heteroatoms. The van der Waals surface area contributed by atoms with Crippen molar-refractivity contribution in [3.05, 3.63) is 89.7 Å². The minimum absolute atomic E-state index is 0.0227. The van der Waals surface area contributed by atoms with Crippen molar-refractivity contribution in [2.45, 2.75) is 19.3 Å². The maximum atomic E-state index is 13.3. The zero-order chi connectivity index (χ0) is 20.9. The van der Waals surface area contributed by atoms with Crippen molar-refractivity contribution in [3.8, 4) is 17.0 Å². The molecule has 4 nitrogen and oxygen atoms in total. The highest BCUT2D eigenvalue weighted by Gasteiger charge is 2.14. The van der Waals surface area contributed by atoms with Crippen LogP contribution in [0.15, 0.2) is 72.8 Å². The summed E-state index contributed by atoms with van der Waals surface area (Å²) in [4.78, 5) is 15.8. The molecule has 0 bridgehead atoms. The van der Waals surface area contributed by atoms with E-state index in [2.05, 4.69) is 10.3 Å². The molecule has 0 atom stereocenters. The zero-order valence-electron chi connectivity index (χ0n) is 16.5. The molecule has 0 spiro atoms. The largest absolute Gasteiger partial charge is 0.508 e. The summed E-state index contributed by atoms with van der Waals surface area (Å²) in [7, 11) is 0. The van der Waals surface area contributed by atoms with E-state index in [1.165, 1.54) is 12.1 Å². The third-order valence-corrected chi connectivity index (χ3v) is 5.19. The van der Waals surface area contributed by atoms with E-state index in [1.54, 1.807) is 30.3 Å². The second-order valence-electron chi connectivity index (χ2n) is 7.30. The number of para-hydroxylation sites is 1. The second kappa shape index (κ2) is 8.82. The van der Waals surface area contributed by atoms with Crippen molar-refractivity contribution in [2.75, 3.05) is 6.54 Å². The number of rotatable bonds is 7. The van der Waals surface area contributed by atoms with Crippen LogP contribution in [0.4, 0.5) is 4.39 Å². The topological polar surface area (TPSA) is 65.1 Å². The van der Waals surface area contributed by atoms with Crippen LogP contribution in [0.2, 0.25) is 0 Å². The summed E-state index contributed by atoms with van der Waals surface area (Å²) < 4.78 is 13.3. The third-order valence-electron chi connectivity index (χ3n) is 5.19. The predicted molar refractivity (Wildman–Crippen MR) is 117 cm³/mol. The first-order valence-corrected chi connectivity index (χ1v) is 10.0. The molecule has 1 aromatic heterocycles. The predicted octanol–water partition coefficient (Wildman–Crippen LogP) is 4.97. The van der Waals surface area contributed by atoms with Crippen molar-refractivity contribution < 1.29 is 14.3 Å². The summed E-state index contributed by atoms with van der Waals surface area (Å²) in [5, 5.41) is 13.5. The molecule has 4 rings (SSSR count). The molecule has 0 fully saturated rings. The van der Waals surface area contributed by atoms with E-state index in [-0.39, 0.29) is 17.5 Å². The van der Waals surface area contributed by atoms with Crippen LogP contribution in [-0.4, -0.2) is 22.5 Å². The van der Waals surface area contributed by atoms with E-state index >= 15 is 0 Å². The van der Waals surface area contributed by atoms with Gasteiger partial charge in [-0.15, -0.1) is 0 Å². The molecule has 0 radical (unpaired) electrons. The van der Waals surface area contributed by atoms with E-state index in [0.717, 1.165) is 33.3 Å². The number of aryl methyl sites for hydroxylation is 1. The molecule has 0 unspecified atom stereocenters. The van der Waals surface area contributed by atoms with Gasteiger partial charge in [0.05, 0.1) is 0 Å². The molecule has 4 aromatic rings. The maximum absolute atomic E-state index is 13.3. The summed E-state index contributed by atoms with van der Waals surface area (Å²) in [5.41, 5.74) is 4.85. The fourth-order valence-corrected chi connectivity index (χ4v) is 3.71. The number of aromatic hydroxyl groups is 1. The van der Waals surface area contributed by atoms with Gasteiger partial charge in [-0.25, -0.2) is 4.39 Å². The summed E-state index contributed by atoms with van der Waals surface area (Å²) in [6, 6.07) is 21.4. The Morgan fingerprint density at radius 2 is 1.77 bits per heavy atom. The van der Waals surface area contributed by atoms with Gasteiger partial charge in [-0.1, -0.05) is 30.3 Å². The quantitative estimate of drug-likeness (QED) is 0.409. The van der Waals surface area contributed by atoms with Crippen LogP contribution in [0.1, 0.15) is 17.5 Å². The van der Waals surface area contributed by atoms with Gasteiger partial charge in [-0.2, -0.15) is 0 Å². The Bertz CT molecular complexity index is 1170. The minimum atomic E-state index is -0.275. The molecular weight excluding hydrogens is 379 g/mol. The molecular formula is C25H23FN2O2. The second-order valence-corrected chi connectivity index (χ2v) is 7.30. The van der Waals surface area contributed by atoms with Crippen LogP contribution in [0.25, 0.3) is 22.2 Å². The first kappa shape index (κ1) is 19.7. The Balaban J connectivity index is 1.44. The molecule has 1 amide bonds. The monoisotopic (exact) mass is 402 g/mol. The Hall–Kier alpha value is -3.60. The summed E-state index contributed by atoms with van der Waals surface area (Å²) in [6.07, 6.45) is 1.60. The number of hydrogen-bond donors (Lipinski definition) is 3. The van der Waals surface area contributed by atoms with Gasteiger partial charge in [0.15, 0.2) is 0 Å². The molecule has 3 aromatic carbocycles. The highest BCUT2D eigenvalue weighted by Crippen LogP contribution is 2.31. The van der Waals surface area contributed by atoms with Crippen molar-refractivity contribution in [2.24, 2.45) is 0 Å². The number of aromatic nitrogens is 1. The lowest BCUT2D eigenvalue weighted by molar-refractivity contribution is -0.121. The van der Waals surface area contributed by atoms with Crippen LogP contribution in [0, 0.1) is 5.82 Å². The Morgan fingerprint density at radius 3 is 2.57 bits per heavy atom. The summed E-state index contributed by atoms with van der Waals surface area (Å²) in [5.74, 6) is -0.0699. The average Bonchev–Trinajstić information content (AvgIpc) is 3.11. The first-order chi connectivity index (χ1) is 14.6. The Kier molecular flexibility index (Phi) is 5.80. The lowest BCUT2D eigenvalue weighted by Gasteiger charge is -2.08. The number of hydrogen-bond acceptors (Lipinski definition) is 2. The van der Waals surface area contributed by atoms with E-state index in [9.17, 15) is 14.3 Å². The number of benzene rings is 3. The number of H-pyrrole nitrogens is 1. The lowest BCUT2D eigenvalue weighted by atomic mass is 10.0. The van der Waals surface area contributed by atoms with Crippen molar-refractivity contribution >= 4 is 16.8 Å². The van der Waals surface area contributed by atoms with Gasteiger partial charge in [-0.05, 0) is 72.0 Å². The number of amides is 1. The number of aromatic amines is 1. The van der Waals surface area contributed by atoms with Gasteiger partial charge in [0.2, 0.25) is 5.91 Å². The summed E-state index contributed by atoms with van der Waals surface area (Å²) >= 11 is 0. The van der Waals surface area contributed by atoms with Crippen molar-refractivity contribution in [1.29, 1.82) is 0 Å². The van der Waals surface area contributed by atoms with Crippen molar-refractivity contribution in [1.82, 2.24) is 10.3 Å². The van der Waals surface area contributed by atoms with Crippen LogP contribution < -0.4 is 5.32 Å². The smallest absolute Gasteiger partial charge is 0.220 e. The van der Waals surface area contributed by atoms with Gasteiger partial charge < -0.3 is 15.4 Å². The molecule has 30 heavy (non-hydrogen) atoms.